The molecule has 27 heavy (non-hydrogen) atoms. The van der Waals surface area contributed by atoms with Crippen LogP contribution in [0.25, 0.3) is 0 Å². The molecule has 2 amide bonds. The van der Waals surface area contributed by atoms with Crippen LogP contribution in [-0.4, -0.2) is 43.9 Å². The maximum atomic E-state index is 12.4. The van der Waals surface area contributed by atoms with Gasteiger partial charge in [-0.15, -0.1) is 0 Å². The molecule has 0 saturated carbocycles. The average Bonchev–Trinajstić information content (AvgIpc) is 2.65. The lowest BCUT2D eigenvalue weighted by Gasteiger charge is -2.31. The molecule has 5 nitrogen and oxygen atoms in total. The van der Waals surface area contributed by atoms with Gasteiger partial charge in [-0.3, -0.25) is 14.5 Å². The first kappa shape index (κ1) is 19.1. The van der Waals surface area contributed by atoms with Crippen LogP contribution in [0.15, 0.2) is 48.5 Å². The first-order chi connectivity index (χ1) is 12.9. The summed E-state index contributed by atoms with van der Waals surface area (Å²) >= 11 is 0. The Morgan fingerprint density at radius 2 is 1.89 bits per heavy atom. The summed E-state index contributed by atoms with van der Waals surface area (Å²) in [5, 5.41) is 3.00. The molecule has 1 N–H and O–H groups in total. The van der Waals surface area contributed by atoms with Crippen LogP contribution in [-0.2, 0) is 16.1 Å². The SMILES string of the molecule is Cc1ccc(CN(C)CC(=O)NC[C@@H]2CC(=O)N(C)c3ccccc32)cc1. The van der Waals surface area contributed by atoms with Gasteiger partial charge in [0, 0.05) is 38.2 Å². The lowest BCUT2D eigenvalue weighted by Crippen LogP contribution is -2.40. The average molecular weight is 365 g/mol. The zero-order valence-corrected chi connectivity index (χ0v) is 16.2. The van der Waals surface area contributed by atoms with E-state index in [-0.39, 0.29) is 17.7 Å². The van der Waals surface area contributed by atoms with E-state index in [0.29, 0.717) is 19.5 Å². The minimum absolute atomic E-state index is 0.0199. The van der Waals surface area contributed by atoms with Crippen molar-refractivity contribution in [2.75, 3.05) is 32.1 Å². The molecule has 0 unspecified atom stereocenters. The third-order valence-corrected chi connectivity index (χ3v) is 5.07. The van der Waals surface area contributed by atoms with Crippen LogP contribution in [0, 0.1) is 6.92 Å². The second-order valence-corrected chi connectivity index (χ2v) is 7.37. The molecule has 2 aromatic rings. The minimum Gasteiger partial charge on any atom is -0.354 e. The number of anilines is 1. The summed E-state index contributed by atoms with van der Waals surface area (Å²) in [5.41, 5.74) is 4.47. The second-order valence-electron chi connectivity index (χ2n) is 7.37. The minimum atomic E-state index is -0.0199. The highest BCUT2D eigenvalue weighted by atomic mass is 16.2. The molecule has 0 radical (unpaired) electrons. The number of fused-ring (bicyclic) bond motifs is 1. The van der Waals surface area contributed by atoms with Crippen molar-refractivity contribution in [2.45, 2.75) is 25.8 Å². The van der Waals surface area contributed by atoms with Gasteiger partial charge in [0.25, 0.3) is 0 Å². The molecular weight excluding hydrogens is 338 g/mol. The molecular formula is C22H27N3O2. The number of rotatable bonds is 6. The monoisotopic (exact) mass is 365 g/mol. The van der Waals surface area contributed by atoms with Crippen LogP contribution in [0.2, 0.25) is 0 Å². The summed E-state index contributed by atoms with van der Waals surface area (Å²) in [7, 11) is 3.74. The van der Waals surface area contributed by atoms with E-state index in [0.717, 1.165) is 17.8 Å². The van der Waals surface area contributed by atoms with E-state index >= 15 is 0 Å². The largest absolute Gasteiger partial charge is 0.354 e. The fraction of sp³-hybridized carbons (Fsp3) is 0.364. The Morgan fingerprint density at radius 1 is 1.19 bits per heavy atom. The number of nitrogens with zero attached hydrogens (tertiary/aromatic N) is 2. The molecule has 1 aliphatic heterocycles. The number of amides is 2. The van der Waals surface area contributed by atoms with Crippen LogP contribution in [0.5, 0.6) is 0 Å². The van der Waals surface area contributed by atoms with Crippen LogP contribution in [0.3, 0.4) is 0 Å². The van der Waals surface area contributed by atoms with Gasteiger partial charge in [-0.2, -0.15) is 0 Å². The highest BCUT2D eigenvalue weighted by molar-refractivity contribution is 5.96. The Kier molecular flexibility index (Phi) is 5.91. The highest BCUT2D eigenvalue weighted by Crippen LogP contribution is 2.34. The first-order valence-corrected chi connectivity index (χ1v) is 9.30. The molecule has 142 valence electrons. The number of aryl methyl sites for hydroxylation is 1. The van der Waals surface area contributed by atoms with E-state index in [1.807, 2.05) is 36.2 Å². The molecule has 2 aromatic carbocycles. The summed E-state index contributed by atoms with van der Waals surface area (Å²) in [6.07, 6.45) is 0.424. The molecule has 0 aliphatic carbocycles. The van der Waals surface area contributed by atoms with Gasteiger partial charge in [0.2, 0.25) is 11.8 Å². The van der Waals surface area contributed by atoms with Crippen molar-refractivity contribution in [1.82, 2.24) is 10.2 Å². The molecule has 3 rings (SSSR count). The zero-order valence-electron chi connectivity index (χ0n) is 16.2. The molecule has 0 saturated heterocycles. The lowest BCUT2D eigenvalue weighted by molar-refractivity contribution is -0.123. The van der Waals surface area contributed by atoms with E-state index in [1.165, 1.54) is 11.1 Å². The van der Waals surface area contributed by atoms with E-state index in [2.05, 4.69) is 36.5 Å². The number of para-hydroxylation sites is 1. The van der Waals surface area contributed by atoms with Gasteiger partial charge in [0.15, 0.2) is 0 Å². The number of hydrogen-bond donors (Lipinski definition) is 1. The number of hydrogen-bond acceptors (Lipinski definition) is 3. The Hall–Kier alpha value is -2.66. The van der Waals surface area contributed by atoms with Gasteiger partial charge in [-0.1, -0.05) is 48.0 Å². The van der Waals surface area contributed by atoms with E-state index < -0.39 is 0 Å². The first-order valence-electron chi connectivity index (χ1n) is 9.30. The van der Waals surface area contributed by atoms with Crippen molar-refractivity contribution in [2.24, 2.45) is 0 Å². The molecule has 0 fully saturated rings. The number of carbonyl (C=O) groups is 2. The van der Waals surface area contributed by atoms with Gasteiger partial charge in [-0.25, -0.2) is 0 Å². The van der Waals surface area contributed by atoms with E-state index in [4.69, 9.17) is 0 Å². The zero-order chi connectivity index (χ0) is 19.4. The summed E-state index contributed by atoms with van der Waals surface area (Å²) in [4.78, 5) is 28.3. The van der Waals surface area contributed by atoms with Crippen LogP contribution in [0.1, 0.15) is 29.0 Å². The standard InChI is InChI=1S/C22H27N3O2/c1-16-8-10-17(11-9-16)14-24(2)15-21(26)23-13-18-12-22(27)25(3)20-7-5-4-6-19(18)20/h4-11,18H,12-15H2,1-3H3,(H,23,26)/t18-/m0/s1. The third-order valence-electron chi connectivity index (χ3n) is 5.07. The smallest absolute Gasteiger partial charge is 0.234 e. The maximum Gasteiger partial charge on any atom is 0.234 e. The lowest BCUT2D eigenvalue weighted by atomic mass is 9.89. The van der Waals surface area contributed by atoms with Crippen LogP contribution < -0.4 is 10.2 Å². The van der Waals surface area contributed by atoms with Gasteiger partial charge < -0.3 is 10.2 Å². The molecule has 0 aromatic heterocycles. The third kappa shape index (κ3) is 4.74. The van der Waals surface area contributed by atoms with Gasteiger partial charge in [0.1, 0.15) is 0 Å². The Labute approximate surface area is 161 Å². The molecule has 1 atom stereocenters. The summed E-state index contributed by atoms with van der Waals surface area (Å²) in [5.74, 6) is 0.0918. The van der Waals surface area contributed by atoms with Crippen molar-refractivity contribution in [3.8, 4) is 0 Å². The van der Waals surface area contributed by atoms with Crippen molar-refractivity contribution in [3.63, 3.8) is 0 Å². The van der Waals surface area contributed by atoms with Crippen molar-refractivity contribution >= 4 is 17.5 Å². The second kappa shape index (κ2) is 8.35. The van der Waals surface area contributed by atoms with Crippen LogP contribution in [0.4, 0.5) is 5.69 Å². The van der Waals surface area contributed by atoms with E-state index in [9.17, 15) is 9.59 Å². The fourth-order valence-electron chi connectivity index (χ4n) is 3.51. The fourth-order valence-corrected chi connectivity index (χ4v) is 3.51. The molecule has 1 heterocycles. The summed E-state index contributed by atoms with van der Waals surface area (Å²) < 4.78 is 0. The van der Waals surface area contributed by atoms with Crippen LogP contribution >= 0.6 is 0 Å². The van der Waals surface area contributed by atoms with Crippen molar-refractivity contribution < 1.29 is 9.59 Å². The Bertz CT molecular complexity index is 817. The predicted molar refractivity (Wildman–Crippen MR) is 108 cm³/mol. The number of benzene rings is 2. The summed E-state index contributed by atoms with van der Waals surface area (Å²) in [6.45, 7) is 3.60. The topological polar surface area (TPSA) is 52.7 Å². The Morgan fingerprint density at radius 3 is 2.63 bits per heavy atom. The molecule has 5 heteroatoms. The molecule has 1 aliphatic rings. The van der Waals surface area contributed by atoms with E-state index in [1.54, 1.807) is 11.9 Å². The molecule has 0 spiro atoms. The van der Waals surface area contributed by atoms with Gasteiger partial charge >= 0.3 is 0 Å². The highest BCUT2D eigenvalue weighted by Gasteiger charge is 2.28. The van der Waals surface area contributed by atoms with Gasteiger partial charge in [-0.05, 0) is 31.2 Å². The predicted octanol–water partition coefficient (Wildman–Crippen LogP) is 2.69. The quantitative estimate of drug-likeness (QED) is 0.856. The van der Waals surface area contributed by atoms with Crippen molar-refractivity contribution in [3.05, 3.63) is 65.2 Å². The van der Waals surface area contributed by atoms with Gasteiger partial charge in [0.05, 0.1) is 6.54 Å². The van der Waals surface area contributed by atoms with Crippen molar-refractivity contribution in [1.29, 1.82) is 0 Å². The normalized spacial score (nSPS) is 16.4. The maximum absolute atomic E-state index is 12.4. The molecule has 0 bridgehead atoms. The number of likely N-dealkylation sites (N-methyl/N-ethyl adjacent to an activating group) is 1. The Balaban J connectivity index is 1.54. The number of nitrogens with one attached hydrogen (secondary N) is 1. The number of carbonyl (C=O) groups excluding carboxylic acids is 2. The summed E-state index contributed by atoms with van der Waals surface area (Å²) in [6, 6.07) is 16.2.